The van der Waals surface area contributed by atoms with Gasteiger partial charge in [0.1, 0.15) is 5.78 Å². The minimum atomic E-state index is -0.933. The molecule has 1 aliphatic carbocycles. The quantitative estimate of drug-likeness (QED) is 0.553. The van der Waals surface area contributed by atoms with Crippen LogP contribution in [-0.4, -0.2) is 24.0 Å². The van der Waals surface area contributed by atoms with Crippen LogP contribution in [0.4, 0.5) is 0 Å². The number of carbonyl (C=O) groups excluding carboxylic acids is 3. The van der Waals surface area contributed by atoms with Gasteiger partial charge in [-0.1, -0.05) is 6.42 Å². The molecule has 5 heteroatoms. The van der Waals surface area contributed by atoms with Crippen LogP contribution in [0, 0.1) is 5.92 Å². The molecule has 1 atom stereocenters. The molecule has 0 N–H and O–H groups in total. The molecule has 0 heterocycles. The third kappa shape index (κ3) is 4.97. The zero-order chi connectivity index (χ0) is 12.8. The second kappa shape index (κ2) is 6.37. The number of hydrogen-bond acceptors (Lipinski definition) is 5. The fraction of sp³-hybridized carbons (Fsp3) is 0.750. The predicted molar refractivity (Wildman–Crippen MR) is 58.9 cm³/mol. The Labute approximate surface area is 100 Å². The van der Waals surface area contributed by atoms with Crippen LogP contribution in [0.25, 0.3) is 0 Å². The SMILES string of the molecule is CC(=O)OC(CC1CCCCC1=O)OC(C)=O. The molecular weight excluding hydrogens is 224 g/mol. The first-order valence-electron chi connectivity index (χ1n) is 5.86. The summed E-state index contributed by atoms with van der Waals surface area (Å²) in [6.45, 7) is 2.50. The Balaban J connectivity index is 2.54. The average Bonchev–Trinajstić information content (AvgIpc) is 2.19. The van der Waals surface area contributed by atoms with Gasteiger partial charge in [0.05, 0.1) is 0 Å². The molecule has 0 aromatic carbocycles. The maximum absolute atomic E-state index is 11.6. The lowest BCUT2D eigenvalue weighted by Gasteiger charge is -2.24. The topological polar surface area (TPSA) is 69.7 Å². The van der Waals surface area contributed by atoms with Gasteiger partial charge in [-0.15, -0.1) is 0 Å². The van der Waals surface area contributed by atoms with E-state index in [-0.39, 0.29) is 18.1 Å². The Morgan fingerprint density at radius 1 is 1.24 bits per heavy atom. The van der Waals surface area contributed by atoms with Gasteiger partial charge < -0.3 is 9.47 Å². The van der Waals surface area contributed by atoms with E-state index in [0.29, 0.717) is 6.42 Å². The number of ketones is 1. The standard InChI is InChI=1S/C12H18O5/c1-8(13)16-12(17-9(2)14)7-10-5-3-4-6-11(10)15/h10,12H,3-7H2,1-2H3. The molecule has 1 aliphatic rings. The van der Waals surface area contributed by atoms with Crippen molar-refractivity contribution in [3.63, 3.8) is 0 Å². The van der Waals surface area contributed by atoms with E-state index in [1.807, 2.05) is 0 Å². The summed E-state index contributed by atoms with van der Waals surface area (Å²) < 4.78 is 9.76. The van der Waals surface area contributed by atoms with Gasteiger partial charge in [-0.2, -0.15) is 0 Å². The molecule has 17 heavy (non-hydrogen) atoms. The molecule has 0 aromatic heterocycles. The second-order valence-electron chi connectivity index (χ2n) is 4.29. The van der Waals surface area contributed by atoms with Gasteiger partial charge in [-0.25, -0.2) is 0 Å². The van der Waals surface area contributed by atoms with Gasteiger partial charge in [0.2, 0.25) is 6.29 Å². The third-order valence-electron chi connectivity index (χ3n) is 2.75. The monoisotopic (exact) mass is 242 g/mol. The van der Waals surface area contributed by atoms with Crippen molar-refractivity contribution >= 4 is 17.7 Å². The molecule has 0 aliphatic heterocycles. The highest BCUT2D eigenvalue weighted by molar-refractivity contribution is 5.81. The summed E-state index contributed by atoms with van der Waals surface area (Å²) in [5.41, 5.74) is 0. The molecule has 96 valence electrons. The molecule has 1 unspecified atom stereocenters. The van der Waals surface area contributed by atoms with Gasteiger partial charge >= 0.3 is 11.9 Å². The summed E-state index contributed by atoms with van der Waals surface area (Å²) in [6.07, 6.45) is 2.59. The van der Waals surface area contributed by atoms with Crippen LogP contribution < -0.4 is 0 Å². The van der Waals surface area contributed by atoms with Gasteiger partial charge in [0.25, 0.3) is 0 Å². The lowest BCUT2D eigenvalue weighted by atomic mass is 9.85. The Bertz CT molecular complexity index is 294. The highest BCUT2D eigenvalue weighted by Crippen LogP contribution is 2.25. The number of ether oxygens (including phenoxy) is 2. The summed E-state index contributed by atoms with van der Waals surface area (Å²) in [5.74, 6) is -1.02. The van der Waals surface area contributed by atoms with E-state index in [2.05, 4.69) is 0 Å². The zero-order valence-electron chi connectivity index (χ0n) is 10.2. The molecule has 0 spiro atoms. The van der Waals surface area contributed by atoms with E-state index in [4.69, 9.17) is 9.47 Å². The molecule has 1 rings (SSSR count). The molecule has 1 fully saturated rings. The first-order chi connectivity index (χ1) is 7.99. The van der Waals surface area contributed by atoms with Crippen LogP contribution in [0.15, 0.2) is 0 Å². The van der Waals surface area contributed by atoms with Crippen molar-refractivity contribution in [1.29, 1.82) is 0 Å². The van der Waals surface area contributed by atoms with E-state index in [1.54, 1.807) is 0 Å². The molecular formula is C12H18O5. The minimum Gasteiger partial charge on any atom is -0.425 e. The summed E-state index contributed by atoms with van der Waals surface area (Å²) in [5, 5.41) is 0. The van der Waals surface area contributed by atoms with E-state index in [1.165, 1.54) is 13.8 Å². The van der Waals surface area contributed by atoms with E-state index in [0.717, 1.165) is 19.3 Å². The number of hydrogen-bond donors (Lipinski definition) is 0. The maximum Gasteiger partial charge on any atom is 0.305 e. The molecule has 0 radical (unpaired) electrons. The van der Waals surface area contributed by atoms with Gasteiger partial charge in [-0.05, 0) is 12.8 Å². The lowest BCUT2D eigenvalue weighted by Crippen LogP contribution is -2.29. The van der Waals surface area contributed by atoms with Crippen LogP contribution in [-0.2, 0) is 23.9 Å². The second-order valence-corrected chi connectivity index (χ2v) is 4.29. The summed E-state index contributed by atoms with van der Waals surface area (Å²) in [4.78, 5) is 33.3. The molecule has 0 aromatic rings. The molecule has 1 saturated carbocycles. The lowest BCUT2D eigenvalue weighted by molar-refractivity contribution is -0.188. The first kappa shape index (κ1) is 13.7. The van der Waals surface area contributed by atoms with Crippen LogP contribution in [0.2, 0.25) is 0 Å². The predicted octanol–water partition coefficient (Wildman–Crippen LogP) is 1.59. The first-order valence-corrected chi connectivity index (χ1v) is 5.86. The normalized spacial score (nSPS) is 20.2. The van der Waals surface area contributed by atoms with Gasteiger partial charge in [0, 0.05) is 32.6 Å². The van der Waals surface area contributed by atoms with Crippen LogP contribution in [0.3, 0.4) is 0 Å². The molecule has 0 amide bonds. The summed E-state index contributed by atoms with van der Waals surface area (Å²) in [7, 11) is 0. The molecule has 0 bridgehead atoms. The number of carbonyl (C=O) groups is 3. The largest absolute Gasteiger partial charge is 0.425 e. The van der Waals surface area contributed by atoms with Crippen molar-refractivity contribution in [1.82, 2.24) is 0 Å². The van der Waals surface area contributed by atoms with Crippen molar-refractivity contribution in [2.45, 2.75) is 52.2 Å². The maximum atomic E-state index is 11.6. The Hall–Kier alpha value is -1.39. The Morgan fingerprint density at radius 2 is 1.82 bits per heavy atom. The van der Waals surface area contributed by atoms with E-state index in [9.17, 15) is 14.4 Å². The third-order valence-corrected chi connectivity index (χ3v) is 2.75. The number of rotatable bonds is 4. The molecule has 0 saturated heterocycles. The van der Waals surface area contributed by atoms with Gasteiger partial charge in [-0.3, -0.25) is 14.4 Å². The Kier molecular flexibility index (Phi) is 5.12. The fourth-order valence-electron chi connectivity index (χ4n) is 2.03. The van der Waals surface area contributed by atoms with Crippen molar-refractivity contribution in [3.8, 4) is 0 Å². The molecule has 5 nitrogen and oxygen atoms in total. The summed E-state index contributed by atoms with van der Waals surface area (Å²) >= 11 is 0. The number of Topliss-reactive ketones (excluding diaryl/α,β-unsaturated/α-hetero) is 1. The van der Waals surface area contributed by atoms with E-state index < -0.39 is 18.2 Å². The van der Waals surface area contributed by atoms with E-state index >= 15 is 0 Å². The smallest absolute Gasteiger partial charge is 0.305 e. The van der Waals surface area contributed by atoms with Crippen molar-refractivity contribution in [2.24, 2.45) is 5.92 Å². The summed E-state index contributed by atoms with van der Waals surface area (Å²) in [6, 6.07) is 0. The highest BCUT2D eigenvalue weighted by atomic mass is 16.7. The van der Waals surface area contributed by atoms with Crippen molar-refractivity contribution < 1.29 is 23.9 Å². The van der Waals surface area contributed by atoms with Crippen LogP contribution in [0.1, 0.15) is 46.0 Å². The van der Waals surface area contributed by atoms with Crippen molar-refractivity contribution in [3.05, 3.63) is 0 Å². The van der Waals surface area contributed by atoms with Crippen molar-refractivity contribution in [2.75, 3.05) is 0 Å². The van der Waals surface area contributed by atoms with Gasteiger partial charge in [0.15, 0.2) is 0 Å². The van der Waals surface area contributed by atoms with Crippen LogP contribution in [0.5, 0.6) is 0 Å². The average molecular weight is 242 g/mol. The zero-order valence-corrected chi connectivity index (χ0v) is 10.2. The highest BCUT2D eigenvalue weighted by Gasteiger charge is 2.28. The number of esters is 2. The minimum absolute atomic E-state index is 0.160. The van der Waals surface area contributed by atoms with Crippen LogP contribution >= 0.6 is 0 Å². The fourth-order valence-corrected chi connectivity index (χ4v) is 2.03. The Morgan fingerprint density at radius 3 is 2.29 bits per heavy atom.